The van der Waals surface area contributed by atoms with Crippen molar-refractivity contribution < 1.29 is 9.18 Å². The van der Waals surface area contributed by atoms with E-state index in [4.69, 9.17) is 5.73 Å². The largest absolute Gasteiger partial charge is 0.368 e. The van der Waals surface area contributed by atoms with Crippen LogP contribution in [0.1, 0.15) is 29.0 Å². The number of fused-ring (bicyclic) bond motifs is 1. The molecule has 1 aliphatic heterocycles. The van der Waals surface area contributed by atoms with Crippen LogP contribution in [0.15, 0.2) is 30.6 Å². The van der Waals surface area contributed by atoms with Gasteiger partial charge in [0.2, 0.25) is 5.91 Å². The first-order chi connectivity index (χ1) is 12.5. The summed E-state index contributed by atoms with van der Waals surface area (Å²) in [6.07, 6.45) is 1.94. The summed E-state index contributed by atoms with van der Waals surface area (Å²) >= 11 is 1.84. The van der Waals surface area contributed by atoms with Gasteiger partial charge < -0.3 is 16.4 Å². The molecule has 0 saturated heterocycles. The Labute approximate surface area is 156 Å². The Balaban J connectivity index is 1.44. The van der Waals surface area contributed by atoms with Crippen LogP contribution < -0.4 is 16.4 Å². The van der Waals surface area contributed by atoms with Crippen LogP contribution in [0.4, 0.5) is 10.2 Å². The van der Waals surface area contributed by atoms with Crippen molar-refractivity contribution in [3.63, 3.8) is 0 Å². The van der Waals surface area contributed by atoms with E-state index in [0.717, 1.165) is 28.4 Å². The summed E-state index contributed by atoms with van der Waals surface area (Å²) in [6, 6.07) is 5.34. The summed E-state index contributed by atoms with van der Waals surface area (Å²) in [5.41, 5.74) is 8.98. The lowest BCUT2D eigenvalue weighted by molar-refractivity contribution is -0.122. The minimum Gasteiger partial charge on any atom is -0.368 e. The molecule has 2 atom stereocenters. The predicted molar refractivity (Wildman–Crippen MR) is 101 cm³/mol. The van der Waals surface area contributed by atoms with E-state index >= 15 is 0 Å². The van der Waals surface area contributed by atoms with Gasteiger partial charge in [-0.15, -0.1) is 11.8 Å². The highest BCUT2D eigenvalue weighted by molar-refractivity contribution is 7.99. The van der Waals surface area contributed by atoms with Crippen LogP contribution in [0.25, 0.3) is 0 Å². The molecular weight excluding hydrogens is 353 g/mol. The summed E-state index contributed by atoms with van der Waals surface area (Å²) in [5, 5.41) is 6.45. The molecule has 1 aliphatic rings. The average molecular weight is 375 g/mol. The number of amides is 1. The quantitative estimate of drug-likeness (QED) is 0.641. The number of anilines is 1. The minimum atomic E-state index is -0.666. The molecule has 26 heavy (non-hydrogen) atoms. The lowest BCUT2D eigenvalue weighted by Gasteiger charge is -2.14. The molecule has 0 fully saturated rings. The number of carbonyl (C=O) groups is 1. The zero-order chi connectivity index (χ0) is 18.5. The lowest BCUT2D eigenvalue weighted by atomic mass is 10.1. The number of benzene rings is 1. The number of rotatable bonds is 7. The van der Waals surface area contributed by atoms with E-state index in [1.165, 1.54) is 12.1 Å². The van der Waals surface area contributed by atoms with Gasteiger partial charge in [-0.05, 0) is 31.0 Å². The molecule has 4 N–H and O–H groups in total. The average Bonchev–Trinajstić information content (AvgIpc) is 3.02. The molecule has 0 saturated carbocycles. The third-order valence-electron chi connectivity index (χ3n) is 4.27. The maximum Gasteiger partial charge on any atom is 0.237 e. The molecule has 2 heterocycles. The molecule has 8 heteroatoms. The number of carbonyl (C=O) groups excluding carboxylic acids is 1. The van der Waals surface area contributed by atoms with Gasteiger partial charge in [0.15, 0.2) is 0 Å². The van der Waals surface area contributed by atoms with Crippen molar-refractivity contribution >= 4 is 23.5 Å². The Morgan fingerprint density at radius 2 is 2.12 bits per heavy atom. The zero-order valence-corrected chi connectivity index (χ0v) is 15.4. The molecule has 138 valence electrons. The molecule has 0 aliphatic carbocycles. The van der Waals surface area contributed by atoms with Crippen LogP contribution in [-0.4, -0.2) is 35.0 Å². The molecule has 6 nitrogen and oxygen atoms in total. The fourth-order valence-electron chi connectivity index (χ4n) is 2.87. The number of hydrogen-bond donors (Lipinski definition) is 3. The van der Waals surface area contributed by atoms with Crippen molar-refractivity contribution in [3.8, 4) is 0 Å². The van der Waals surface area contributed by atoms with E-state index < -0.39 is 6.04 Å². The van der Waals surface area contributed by atoms with Crippen LogP contribution in [-0.2, 0) is 17.0 Å². The van der Waals surface area contributed by atoms with Crippen molar-refractivity contribution in [3.05, 3.63) is 53.2 Å². The summed E-state index contributed by atoms with van der Waals surface area (Å²) in [5.74, 6) is 1.20. The zero-order valence-electron chi connectivity index (χ0n) is 14.5. The third-order valence-corrected chi connectivity index (χ3v) is 5.44. The first kappa shape index (κ1) is 18.6. The molecule has 1 aromatic carbocycles. The second kappa shape index (κ2) is 8.46. The molecule has 2 aromatic rings. The van der Waals surface area contributed by atoms with Crippen LogP contribution >= 0.6 is 11.8 Å². The maximum atomic E-state index is 12.9. The Kier molecular flexibility index (Phi) is 6.05. The molecule has 0 spiro atoms. The molecule has 1 unspecified atom stereocenters. The van der Waals surface area contributed by atoms with Crippen LogP contribution in [0.5, 0.6) is 0 Å². The van der Waals surface area contributed by atoms with E-state index in [9.17, 15) is 9.18 Å². The Bertz CT molecular complexity index is 771. The number of nitrogens with two attached hydrogens (primary N) is 1. The van der Waals surface area contributed by atoms with Gasteiger partial charge in [-0.2, -0.15) is 0 Å². The number of aromatic nitrogens is 2. The number of thioether (sulfide) groups is 1. The van der Waals surface area contributed by atoms with Gasteiger partial charge in [0.05, 0.1) is 11.7 Å². The van der Waals surface area contributed by atoms with Gasteiger partial charge in [-0.3, -0.25) is 4.79 Å². The number of halogens is 1. The van der Waals surface area contributed by atoms with Crippen molar-refractivity contribution in [2.24, 2.45) is 5.73 Å². The van der Waals surface area contributed by atoms with Crippen LogP contribution in [0.2, 0.25) is 0 Å². The van der Waals surface area contributed by atoms with Crippen molar-refractivity contribution in [1.82, 2.24) is 15.3 Å². The van der Waals surface area contributed by atoms with Gasteiger partial charge in [-0.1, -0.05) is 12.1 Å². The molecular formula is C18H22FN5OS. The van der Waals surface area contributed by atoms with Gasteiger partial charge in [-0.25, -0.2) is 14.4 Å². The first-order valence-corrected chi connectivity index (χ1v) is 9.56. The highest BCUT2D eigenvalue weighted by Gasteiger charge is 2.24. The molecule has 1 aromatic heterocycles. The molecule has 3 rings (SSSR count). The molecule has 1 amide bonds. The second-order valence-corrected chi connectivity index (χ2v) is 7.52. The number of nitrogens with zero attached hydrogens (tertiary/aromatic N) is 2. The fraction of sp³-hybridized carbons (Fsp3) is 0.389. The van der Waals surface area contributed by atoms with E-state index in [1.54, 1.807) is 18.5 Å². The van der Waals surface area contributed by atoms with Crippen LogP contribution in [0.3, 0.4) is 0 Å². The van der Waals surface area contributed by atoms with Crippen molar-refractivity contribution in [2.75, 3.05) is 18.4 Å². The topological polar surface area (TPSA) is 92.9 Å². The number of nitrogens with one attached hydrogen (secondary N) is 2. The third kappa shape index (κ3) is 4.50. The normalized spacial score (nSPS) is 16.8. The van der Waals surface area contributed by atoms with E-state index in [1.807, 2.05) is 11.8 Å². The first-order valence-electron chi connectivity index (χ1n) is 8.51. The fourth-order valence-corrected chi connectivity index (χ4v) is 3.92. The number of hydrogen-bond acceptors (Lipinski definition) is 6. The highest BCUT2D eigenvalue weighted by Crippen LogP contribution is 2.42. The Morgan fingerprint density at radius 1 is 1.35 bits per heavy atom. The molecule has 0 bridgehead atoms. The lowest BCUT2D eigenvalue weighted by Crippen LogP contribution is -2.43. The van der Waals surface area contributed by atoms with E-state index in [2.05, 4.69) is 27.5 Å². The standard InChI is InChI=1S/C18H22FN5OS/c1-11-16-15(9-26-11)23-10-24-17(16)21-6-7-22-18(25)14(20)8-12-2-4-13(19)5-3-12/h2-5,10-11,14H,6-9,20H2,1H3,(H,22,25)(H,21,23,24)/t11?,14-/m1/s1. The monoisotopic (exact) mass is 375 g/mol. The maximum absolute atomic E-state index is 12.9. The van der Waals surface area contributed by atoms with Crippen LogP contribution in [0, 0.1) is 5.82 Å². The SMILES string of the molecule is CC1SCc2ncnc(NCCNC(=O)[C@H](N)Cc3ccc(F)cc3)c21. The predicted octanol–water partition coefficient (Wildman–Crippen LogP) is 2.02. The summed E-state index contributed by atoms with van der Waals surface area (Å²) in [7, 11) is 0. The highest BCUT2D eigenvalue weighted by atomic mass is 32.2. The Morgan fingerprint density at radius 3 is 2.88 bits per heavy atom. The Hall–Kier alpha value is -2.19. The van der Waals surface area contributed by atoms with Gasteiger partial charge in [0.1, 0.15) is 18.0 Å². The summed E-state index contributed by atoms with van der Waals surface area (Å²) < 4.78 is 12.9. The van der Waals surface area contributed by atoms with Gasteiger partial charge in [0, 0.05) is 29.7 Å². The summed E-state index contributed by atoms with van der Waals surface area (Å²) in [4.78, 5) is 20.7. The van der Waals surface area contributed by atoms with Crippen molar-refractivity contribution in [2.45, 2.75) is 30.4 Å². The molecule has 0 radical (unpaired) electrons. The minimum absolute atomic E-state index is 0.229. The second-order valence-electron chi connectivity index (χ2n) is 6.19. The van der Waals surface area contributed by atoms with Crippen molar-refractivity contribution in [1.29, 1.82) is 0 Å². The van der Waals surface area contributed by atoms with E-state index in [0.29, 0.717) is 24.8 Å². The van der Waals surface area contributed by atoms with E-state index in [-0.39, 0.29) is 11.7 Å². The summed E-state index contributed by atoms with van der Waals surface area (Å²) in [6.45, 7) is 3.13. The van der Waals surface area contributed by atoms with Gasteiger partial charge >= 0.3 is 0 Å². The smallest absolute Gasteiger partial charge is 0.237 e. The van der Waals surface area contributed by atoms with Gasteiger partial charge in [0.25, 0.3) is 0 Å².